The topological polar surface area (TPSA) is 111 Å². The van der Waals surface area contributed by atoms with Crippen LogP contribution in [-0.4, -0.2) is 95.5 Å². The van der Waals surface area contributed by atoms with Crippen LogP contribution >= 0.6 is 11.6 Å². The highest BCUT2D eigenvalue weighted by atomic mass is 35.5. The maximum Gasteiger partial charge on any atom is 0.139 e. The third kappa shape index (κ3) is 8.97. The zero-order chi connectivity index (χ0) is 37.6. The lowest BCUT2D eigenvalue weighted by atomic mass is 10.2. The number of aromatic nitrogens is 6. The van der Waals surface area contributed by atoms with Crippen LogP contribution in [0.15, 0.2) is 78.9 Å². The van der Waals surface area contributed by atoms with E-state index >= 15 is 0 Å². The summed E-state index contributed by atoms with van der Waals surface area (Å²) in [5.41, 5.74) is 4.01. The van der Waals surface area contributed by atoms with Crippen molar-refractivity contribution in [2.24, 2.45) is 0 Å². The van der Waals surface area contributed by atoms with Gasteiger partial charge in [0.25, 0.3) is 0 Å². The third-order valence-electron chi connectivity index (χ3n) is 9.87. The molecule has 0 saturated carbocycles. The molecule has 1 atom stereocenters. The Labute approximate surface area is 322 Å². The predicted molar refractivity (Wildman–Crippen MR) is 220 cm³/mol. The molecule has 0 spiro atoms. The highest BCUT2D eigenvalue weighted by molar-refractivity contribution is 6.31. The number of benzene rings is 2. The van der Waals surface area contributed by atoms with E-state index in [9.17, 15) is 5.11 Å². The highest BCUT2D eigenvalue weighted by Gasteiger charge is 2.21. The van der Waals surface area contributed by atoms with Crippen molar-refractivity contribution in [1.29, 1.82) is 0 Å². The number of para-hydroxylation sites is 1. The average molecular weight is 745 g/mol. The van der Waals surface area contributed by atoms with Gasteiger partial charge in [0.1, 0.15) is 34.9 Å². The van der Waals surface area contributed by atoms with Crippen molar-refractivity contribution in [1.82, 2.24) is 29.9 Å². The smallest absolute Gasteiger partial charge is 0.139 e. The van der Waals surface area contributed by atoms with E-state index in [0.717, 1.165) is 120 Å². The summed E-state index contributed by atoms with van der Waals surface area (Å²) in [5.74, 6) is 5.55. The fourth-order valence-corrected chi connectivity index (χ4v) is 7.26. The van der Waals surface area contributed by atoms with Crippen LogP contribution in [0.3, 0.4) is 0 Å². The lowest BCUT2D eigenvalue weighted by Gasteiger charge is -2.17. The fraction of sp³-hybridized carbons (Fsp3) is 0.381. The van der Waals surface area contributed by atoms with E-state index in [1.807, 2.05) is 92.6 Å². The minimum Gasteiger partial charge on any atom is -0.391 e. The molecule has 1 N–H and O–H groups in total. The summed E-state index contributed by atoms with van der Waals surface area (Å²) < 4.78 is 0. The van der Waals surface area contributed by atoms with Gasteiger partial charge in [0.2, 0.25) is 0 Å². The molecule has 11 nitrogen and oxygen atoms in total. The molecule has 6 heterocycles. The minimum absolute atomic E-state index is 0.245. The van der Waals surface area contributed by atoms with Crippen molar-refractivity contribution in [3.63, 3.8) is 0 Å². The minimum atomic E-state index is -0.245. The standard InChI is InChI=1S/C21H24ClN5.C21H25N5O/c1-26(2)21-17-14-15(22)8-10-18(17)24-19(25-21)11-9-16-6-5-7-20(23-16)27-12-3-4-13-27;1-25(2)21-17-7-3-4-8-18(17)23-19(24-21)11-10-15-6-5-9-20(22-15)26-13-12-16(27)14-26/h5-8,10,14H,3-4,9,11-13H2,1-2H3;3-9,16,27H,10-14H2,1-2H3. The van der Waals surface area contributed by atoms with E-state index in [1.54, 1.807) is 0 Å². The molecule has 0 amide bonds. The number of fused-ring (bicyclic) bond motifs is 2. The molecule has 6 aromatic rings. The van der Waals surface area contributed by atoms with Gasteiger partial charge in [0.05, 0.1) is 17.1 Å². The van der Waals surface area contributed by atoms with Gasteiger partial charge in [-0.25, -0.2) is 29.9 Å². The number of aliphatic hydroxyl groups is 1. The maximum absolute atomic E-state index is 9.75. The fourth-order valence-electron chi connectivity index (χ4n) is 7.08. The molecule has 4 aromatic heterocycles. The summed E-state index contributed by atoms with van der Waals surface area (Å²) in [7, 11) is 8.00. The zero-order valence-electron chi connectivity index (χ0n) is 31.7. The number of hydrogen-bond acceptors (Lipinski definition) is 11. The molecular formula is C42H49ClN10O. The number of nitrogens with zero attached hydrogens (tertiary/aromatic N) is 10. The Morgan fingerprint density at radius 2 is 1.19 bits per heavy atom. The number of rotatable bonds is 10. The molecular weight excluding hydrogens is 696 g/mol. The molecule has 280 valence electrons. The molecule has 1 unspecified atom stereocenters. The zero-order valence-corrected chi connectivity index (χ0v) is 32.4. The quantitative estimate of drug-likeness (QED) is 0.164. The molecule has 0 radical (unpaired) electrons. The van der Waals surface area contributed by atoms with Crippen LogP contribution < -0.4 is 19.6 Å². The molecule has 12 heteroatoms. The van der Waals surface area contributed by atoms with E-state index in [0.29, 0.717) is 11.6 Å². The van der Waals surface area contributed by atoms with Gasteiger partial charge < -0.3 is 24.7 Å². The summed E-state index contributed by atoms with van der Waals surface area (Å²) >= 11 is 6.16. The predicted octanol–water partition coefficient (Wildman–Crippen LogP) is 6.58. The Bertz CT molecular complexity index is 2210. The van der Waals surface area contributed by atoms with Crippen LogP contribution in [0.25, 0.3) is 21.8 Å². The number of anilines is 4. The first kappa shape index (κ1) is 37.2. The highest BCUT2D eigenvalue weighted by Crippen LogP contribution is 2.27. The Morgan fingerprint density at radius 3 is 1.78 bits per heavy atom. The van der Waals surface area contributed by atoms with Crippen molar-refractivity contribution in [3.05, 3.63) is 107 Å². The first-order chi connectivity index (χ1) is 26.2. The number of hydrogen-bond donors (Lipinski definition) is 1. The van der Waals surface area contributed by atoms with Crippen LogP contribution in [-0.2, 0) is 25.7 Å². The summed E-state index contributed by atoms with van der Waals surface area (Å²) in [6, 6.07) is 26.3. The molecule has 2 aliphatic rings. The number of aryl methyl sites for hydroxylation is 4. The van der Waals surface area contributed by atoms with Crippen LogP contribution in [0.1, 0.15) is 42.3 Å². The number of halogens is 1. The Balaban J connectivity index is 0.000000167. The van der Waals surface area contributed by atoms with E-state index in [4.69, 9.17) is 41.5 Å². The van der Waals surface area contributed by atoms with Gasteiger partial charge in [-0.15, -0.1) is 0 Å². The van der Waals surface area contributed by atoms with Gasteiger partial charge in [-0.1, -0.05) is 35.9 Å². The van der Waals surface area contributed by atoms with Gasteiger partial charge >= 0.3 is 0 Å². The van der Waals surface area contributed by atoms with Crippen LogP contribution in [0.2, 0.25) is 5.02 Å². The Kier molecular flexibility index (Phi) is 11.6. The van der Waals surface area contributed by atoms with Crippen LogP contribution in [0.5, 0.6) is 0 Å². The van der Waals surface area contributed by atoms with Gasteiger partial charge in [0.15, 0.2) is 0 Å². The van der Waals surface area contributed by atoms with Crippen LogP contribution in [0.4, 0.5) is 23.3 Å². The second kappa shape index (κ2) is 16.9. The second-order valence-corrected chi connectivity index (χ2v) is 14.9. The largest absolute Gasteiger partial charge is 0.391 e. The first-order valence-corrected chi connectivity index (χ1v) is 19.2. The maximum atomic E-state index is 9.75. The van der Waals surface area contributed by atoms with Crippen molar-refractivity contribution >= 4 is 56.7 Å². The third-order valence-corrected chi connectivity index (χ3v) is 10.1. The molecule has 8 rings (SSSR count). The van der Waals surface area contributed by atoms with E-state index in [2.05, 4.69) is 34.1 Å². The average Bonchev–Trinajstić information content (AvgIpc) is 3.89. The van der Waals surface area contributed by atoms with E-state index in [-0.39, 0.29) is 6.10 Å². The molecule has 2 aromatic carbocycles. The van der Waals surface area contributed by atoms with Crippen molar-refractivity contribution in [3.8, 4) is 0 Å². The molecule has 0 bridgehead atoms. The summed E-state index contributed by atoms with van der Waals surface area (Å²) in [6.07, 6.45) is 6.20. The molecule has 2 saturated heterocycles. The molecule has 54 heavy (non-hydrogen) atoms. The van der Waals surface area contributed by atoms with Crippen molar-refractivity contribution in [2.75, 3.05) is 74.0 Å². The van der Waals surface area contributed by atoms with E-state index < -0.39 is 0 Å². The number of aliphatic hydroxyl groups excluding tert-OH is 1. The summed E-state index contributed by atoms with van der Waals surface area (Å²) in [5, 5.41) is 12.5. The van der Waals surface area contributed by atoms with Gasteiger partial charge in [-0.3, -0.25) is 0 Å². The monoisotopic (exact) mass is 744 g/mol. The summed E-state index contributed by atoms with van der Waals surface area (Å²) in [4.78, 5) is 37.2. The van der Waals surface area contributed by atoms with Crippen molar-refractivity contribution in [2.45, 2.75) is 51.0 Å². The molecule has 2 fully saturated rings. The number of pyridine rings is 2. The van der Waals surface area contributed by atoms with Gasteiger partial charge in [0, 0.05) is 94.4 Å². The van der Waals surface area contributed by atoms with Gasteiger partial charge in [-0.2, -0.15) is 0 Å². The lowest BCUT2D eigenvalue weighted by molar-refractivity contribution is 0.198. The normalized spacial score (nSPS) is 15.5. The SMILES string of the molecule is CN(C)c1nc(CCc2cccc(N3CCC(O)C3)n2)nc2ccccc12.CN(C)c1nc(CCc2cccc(N3CCCC3)n2)nc2ccc(Cl)cc12. The molecule has 0 aliphatic carbocycles. The Morgan fingerprint density at radius 1 is 0.611 bits per heavy atom. The van der Waals surface area contributed by atoms with Crippen LogP contribution in [0, 0.1) is 0 Å². The second-order valence-electron chi connectivity index (χ2n) is 14.5. The Hall–Kier alpha value is -5.13. The van der Waals surface area contributed by atoms with E-state index in [1.165, 1.54) is 12.8 Å². The summed E-state index contributed by atoms with van der Waals surface area (Å²) in [6.45, 7) is 3.74. The molecule has 2 aliphatic heterocycles. The van der Waals surface area contributed by atoms with Gasteiger partial charge in [-0.05, 0) is 86.7 Å². The van der Waals surface area contributed by atoms with Crippen molar-refractivity contribution < 1.29 is 5.11 Å². The lowest BCUT2D eigenvalue weighted by Crippen LogP contribution is -2.22. The first-order valence-electron chi connectivity index (χ1n) is 18.9. The number of β-amino-alcohol motifs (C(OH)–C–C–N with tert-alkyl or cyclic N) is 1.